The first kappa shape index (κ1) is 49.6. The summed E-state index contributed by atoms with van der Waals surface area (Å²) in [6, 6.07) is -0.834. The minimum Gasteiger partial charge on any atom is -0.394 e. The van der Waals surface area contributed by atoms with Crippen LogP contribution in [0.1, 0.15) is 226 Å². The molecule has 0 rings (SSSR count). The summed E-state index contributed by atoms with van der Waals surface area (Å²) in [6.07, 6.45) is 51.1. The van der Waals surface area contributed by atoms with Crippen molar-refractivity contribution in [2.45, 2.75) is 244 Å². The molecule has 0 aromatic carbocycles. The highest BCUT2D eigenvalue weighted by molar-refractivity contribution is 5.76. The first-order valence-electron chi connectivity index (χ1n) is 22.3. The summed E-state index contributed by atoms with van der Waals surface area (Å²) in [5.74, 6) is -0.163. The van der Waals surface area contributed by atoms with Crippen LogP contribution in [0.3, 0.4) is 0 Å². The predicted molar refractivity (Wildman–Crippen MR) is 222 cm³/mol. The van der Waals surface area contributed by atoms with E-state index in [-0.39, 0.29) is 12.5 Å². The lowest BCUT2D eigenvalue weighted by molar-refractivity contribution is -0.124. The molecule has 5 nitrogen and oxygen atoms in total. The smallest absolute Gasteiger partial charge is 0.220 e. The molecule has 5 heteroatoms. The Labute approximate surface area is 317 Å². The third kappa shape index (κ3) is 36.7. The highest BCUT2D eigenvalue weighted by atomic mass is 16.3. The maximum atomic E-state index is 12.4. The van der Waals surface area contributed by atoms with Gasteiger partial charge in [0.25, 0.3) is 0 Å². The first-order chi connectivity index (χ1) is 25.1. The lowest BCUT2D eigenvalue weighted by Gasteiger charge is -2.26. The summed E-state index contributed by atoms with van der Waals surface area (Å²) >= 11 is 0. The largest absolute Gasteiger partial charge is 0.394 e. The summed E-state index contributed by atoms with van der Waals surface area (Å²) in [6.45, 7) is 4.16. The fourth-order valence-electron chi connectivity index (χ4n) is 6.70. The molecule has 4 N–H and O–H groups in total. The number of hydrogen-bond acceptors (Lipinski definition) is 4. The van der Waals surface area contributed by atoms with Crippen LogP contribution < -0.4 is 5.32 Å². The first-order valence-corrected chi connectivity index (χ1v) is 22.3. The molecule has 0 radical (unpaired) electrons. The Bertz CT molecular complexity index is 794. The summed E-state index contributed by atoms with van der Waals surface area (Å²) in [4.78, 5) is 12.4. The van der Waals surface area contributed by atoms with E-state index in [0.29, 0.717) is 12.8 Å². The number of aliphatic hydroxyl groups is 3. The molecule has 0 spiro atoms. The van der Waals surface area contributed by atoms with Gasteiger partial charge in [-0.2, -0.15) is 0 Å². The van der Waals surface area contributed by atoms with E-state index >= 15 is 0 Å². The molecule has 0 aliphatic rings. The average Bonchev–Trinajstić information content (AvgIpc) is 3.13. The van der Waals surface area contributed by atoms with Gasteiger partial charge in [-0.1, -0.05) is 179 Å². The van der Waals surface area contributed by atoms with E-state index in [2.05, 4.69) is 55.6 Å². The van der Waals surface area contributed by atoms with Crippen molar-refractivity contribution in [1.82, 2.24) is 5.32 Å². The lowest BCUT2D eigenvalue weighted by Crippen LogP contribution is -2.50. The highest BCUT2D eigenvalue weighted by Crippen LogP contribution is 2.14. The van der Waals surface area contributed by atoms with E-state index in [1.54, 1.807) is 0 Å². The van der Waals surface area contributed by atoms with Gasteiger partial charge in [-0.3, -0.25) is 4.79 Å². The maximum absolute atomic E-state index is 12.4. The molecule has 51 heavy (non-hydrogen) atoms. The number of allylic oxidation sites excluding steroid dienone is 6. The van der Waals surface area contributed by atoms with Crippen LogP contribution in [0.2, 0.25) is 0 Å². The van der Waals surface area contributed by atoms with E-state index < -0.39 is 18.2 Å². The molecule has 0 bridgehead atoms. The number of carbonyl (C=O) groups excluding carboxylic acids is 1. The number of aliphatic hydroxyl groups excluding tert-OH is 3. The predicted octanol–water partition coefficient (Wildman–Crippen LogP) is 12.8. The second-order valence-electron chi connectivity index (χ2n) is 15.2. The fourth-order valence-corrected chi connectivity index (χ4v) is 6.70. The number of hydrogen-bond donors (Lipinski definition) is 4. The average molecular weight is 718 g/mol. The lowest BCUT2D eigenvalue weighted by atomic mass is 10.0. The second kappa shape index (κ2) is 41.3. The molecule has 0 saturated carbocycles. The molecule has 0 heterocycles. The van der Waals surface area contributed by atoms with Crippen molar-refractivity contribution < 1.29 is 20.1 Å². The van der Waals surface area contributed by atoms with Gasteiger partial charge >= 0.3 is 0 Å². The van der Waals surface area contributed by atoms with Crippen molar-refractivity contribution >= 4 is 5.91 Å². The number of amides is 1. The van der Waals surface area contributed by atoms with Crippen molar-refractivity contribution in [3.8, 4) is 0 Å². The molecule has 1 amide bonds. The monoisotopic (exact) mass is 718 g/mol. The van der Waals surface area contributed by atoms with Crippen LogP contribution in [0.25, 0.3) is 0 Å². The number of unbranched alkanes of at least 4 members (excludes halogenated alkanes) is 26. The second-order valence-corrected chi connectivity index (χ2v) is 15.2. The Morgan fingerprint density at radius 2 is 0.804 bits per heavy atom. The zero-order valence-electron chi connectivity index (χ0n) is 34.0. The zero-order chi connectivity index (χ0) is 37.3. The molecular weight excluding hydrogens is 631 g/mol. The van der Waals surface area contributed by atoms with Crippen LogP contribution in [0.15, 0.2) is 36.5 Å². The van der Waals surface area contributed by atoms with E-state index in [1.807, 2.05) is 0 Å². The molecule has 300 valence electrons. The molecule has 0 fully saturated rings. The number of carbonyl (C=O) groups is 1. The van der Waals surface area contributed by atoms with Crippen LogP contribution in [-0.2, 0) is 4.79 Å². The van der Waals surface area contributed by atoms with Gasteiger partial charge in [-0.05, 0) is 77.0 Å². The van der Waals surface area contributed by atoms with E-state index in [1.165, 1.54) is 154 Å². The van der Waals surface area contributed by atoms with Gasteiger partial charge in [0.2, 0.25) is 5.91 Å². The van der Waals surface area contributed by atoms with Crippen LogP contribution in [0, 0.1) is 0 Å². The Morgan fingerprint density at radius 3 is 1.20 bits per heavy atom. The van der Waals surface area contributed by atoms with Gasteiger partial charge in [0.15, 0.2) is 0 Å². The van der Waals surface area contributed by atoms with E-state index in [0.717, 1.165) is 44.9 Å². The molecule has 0 aromatic heterocycles. The molecule has 0 aromatic rings. The minimum absolute atomic E-state index is 0.163. The fraction of sp³-hybridized carbons (Fsp3) is 0.848. The van der Waals surface area contributed by atoms with Crippen LogP contribution in [0.4, 0.5) is 0 Å². The minimum atomic E-state index is -1.17. The molecule has 3 atom stereocenters. The zero-order valence-corrected chi connectivity index (χ0v) is 34.0. The Kier molecular flexibility index (Phi) is 40.2. The third-order valence-electron chi connectivity index (χ3n) is 10.2. The molecule has 3 unspecified atom stereocenters. The summed E-state index contributed by atoms with van der Waals surface area (Å²) in [7, 11) is 0. The summed E-state index contributed by atoms with van der Waals surface area (Å²) in [5, 5.41) is 33.5. The van der Waals surface area contributed by atoms with Gasteiger partial charge in [0.05, 0.1) is 18.8 Å². The van der Waals surface area contributed by atoms with Crippen LogP contribution in [0.5, 0.6) is 0 Å². The quantitative estimate of drug-likeness (QED) is 0.0375. The molecular formula is C46H87NO4. The number of rotatable bonds is 40. The molecule has 0 aliphatic heterocycles. The topological polar surface area (TPSA) is 89.8 Å². The van der Waals surface area contributed by atoms with Crippen molar-refractivity contribution in [2.75, 3.05) is 6.61 Å². The van der Waals surface area contributed by atoms with Crippen molar-refractivity contribution in [2.24, 2.45) is 0 Å². The van der Waals surface area contributed by atoms with Crippen molar-refractivity contribution in [1.29, 1.82) is 0 Å². The SMILES string of the molecule is CCCCCCCCCC/C=C\CCCCCCCCCC(=O)NC(CO)C(O)C(O)CCC/C=C/CC/C=C/CCCCCCCCCCC. The van der Waals surface area contributed by atoms with Gasteiger partial charge in [0.1, 0.15) is 6.10 Å². The number of nitrogens with one attached hydrogen (secondary N) is 1. The van der Waals surface area contributed by atoms with E-state index in [9.17, 15) is 20.1 Å². The van der Waals surface area contributed by atoms with Gasteiger partial charge in [-0.15, -0.1) is 0 Å². The van der Waals surface area contributed by atoms with Crippen molar-refractivity contribution in [3.05, 3.63) is 36.5 Å². The molecule has 0 aliphatic carbocycles. The third-order valence-corrected chi connectivity index (χ3v) is 10.2. The van der Waals surface area contributed by atoms with Gasteiger partial charge < -0.3 is 20.6 Å². The van der Waals surface area contributed by atoms with Crippen molar-refractivity contribution in [3.63, 3.8) is 0 Å². The normalized spacial score (nSPS) is 13.9. The van der Waals surface area contributed by atoms with Gasteiger partial charge in [0, 0.05) is 6.42 Å². The molecule has 0 saturated heterocycles. The summed E-state index contributed by atoms with van der Waals surface area (Å²) < 4.78 is 0. The van der Waals surface area contributed by atoms with Crippen LogP contribution in [-0.4, -0.2) is 46.1 Å². The van der Waals surface area contributed by atoms with E-state index in [4.69, 9.17) is 0 Å². The summed E-state index contributed by atoms with van der Waals surface area (Å²) in [5.41, 5.74) is 0. The Balaban J connectivity index is 3.70. The van der Waals surface area contributed by atoms with Crippen LogP contribution >= 0.6 is 0 Å². The Morgan fingerprint density at radius 1 is 0.471 bits per heavy atom. The standard InChI is InChI=1S/C46H87NO4/c1-3-5-7-9-11-13-15-17-19-21-23-25-27-29-31-33-35-37-39-41-45(50)47-43(42-48)46(51)44(49)40-38-36-34-32-30-28-26-24-22-20-18-16-14-12-10-8-6-4-2/h21,23-24,26,32,34,43-44,46,48-49,51H,3-20,22,25,27-31,33,35-42H2,1-2H3,(H,47,50)/b23-21-,26-24+,34-32+. The van der Waals surface area contributed by atoms with Gasteiger partial charge in [-0.25, -0.2) is 0 Å². The highest BCUT2D eigenvalue weighted by Gasteiger charge is 2.26. The maximum Gasteiger partial charge on any atom is 0.220 e. The Hall–Kier alpha value is -1.43.